The van der Waals surface area contributed by atoms with Gasteiger partial charge in [-0.15, -0.1) is 23.1 Å². The van der Waals surface area contributed by atoms with Gasteiger partial charge in [-0.25, -0.2) is 4.99 Å². The minimum absolute atomic E-state index is 0.264. The smallest absolute Gasteiger partial charge is 0.133 e. The Bertz CT molecular complexity index is 901. The molecule has 9 heteroatoms. The molecular weight excluding hydrogens is 372 g/mol. The van der Waals surface area contributed by atoms with Crippen LogP contribution in [0, 0.1) is 0 Å². The summed E-state index contributed by atoms with van der Waals surface area (Å²) in [4.78, 5) is 21.3. The first-order valence-electron chi connectivity index (χ1n) is 7.56. The second kappa shape index (κ2) is 8.15. The summed E-state index contributed by atoms with van der Waals surface area (Å²) in [7, 11) is 1.28. The zero-order chi connectivity index (χ0) is 18.5. The number of benzene rings is 1. The van der Waals surface area contributed by atoms with Crippen molar-refractivity contribution in [1.29, 1.82) is 0 Å². The number of oxime groups is 1. The van der Waals surface area contributed by atoms with Gasteiger partial charge in [0.1, 0.15) is 23.7 Å². The average molecular weight is 387 g/mol. The van der Waals surface area contributed by atoms with Crippen LogP contribution in [0.25, 0.3) is 0 Å². The van der Waals surface area contributed by atoms with E-state index in [4.69, 9.17) is 0 Å². The predicted molar refractivity (Wildman–Crippen MR) is 102 cm³/mol. The molecule has 0 unspecified atom stereocenters. The van der Waals surface area contributed by atoms with Crippen LogP contribution in [0.2, 0.25) is 0 Å². The van der Waals surface area contributed by atoms with E-state index in [-0.39, 0.29) is 5.71 Å². The van der Waals surface area contributed by atoms with Gasteiger partial charge in [0.05, 0.1) is 18.1 Å². The molecular formula is C17H15N4O3S2-. The molecule has 134 valence electrons. The highest BCUT2D eigenvalue weighted by Gasteiger charge is 2.16. The highest BCUT2D eigenvalue weighted by molar-refractivity contribution is 7.98. The quantitative estimate of drug-likeness (QED) is 0.464. The Morgan fingerprint density at radius 1 is 1.38 bits per heavy atom. The number of thioether (sulfide) groups is 1. The van der Waals surface area contributed by atoms with E-state index in [9.17, 15) is 9.90 Å². The summed E-state index contributed by atoms with van der Waals surface area (Å²) in [6, 6.07) is 9.80. The zero-order valence-electron chi connectivity index (χ0n) is 14.1. The van der Waals surface area contributed by atoms with Crippen molar-refractivity contribution in [1.82, 2.24) is 5.43 Å². The standard InChI is InChI=1S/C17H16N4O3S2/c1-24-21-16(17(22)23)11-7-15(26-9-11)18-14-8-13(19-20-14)10-3-5-12(25-2)6-4-10/h3-7,9H,8H2,1-2H3,(H,18,20)(H,22,23)/p-1/b21-16+. The van der Waals surface area contributed by atoms with Crippen molar-refractivity contribution in [3.8, 4) is 0 Å². The SMILES string of the molecule is CO/N=C(/C(=O)[O-])c1csc(/N=C2/CC(c3ccc(SC)cc3)=NN2)c1. The van der Waals surface area contributed by atoms with Crippen molar-refractivity contribution in [3.05, 3.63) is 46.8 Å². The number of aliphatic imine (C=N–C) groups is 1. The van der Waals surface area contributed by atoms with E-state index in [1.54, 1.807) is 23.2 Å². The molecule has 0 spiro atoms. The number of hydrazone groups is 1. The molecule has 26 heavy (non-hydrogen) atoms. The van der Waals surface area contributed by atoms with Crippen LogP contribution in [-0.2, 0) is 9.63 Å². The molecule has 0 saturated carbocycles. The van der Waals surface area contributed by atoms with Gasteiger partial charge in [0.2, 0.25) is 0 Å². The van der Waals surface area contributed by atoms with Gasteiger partial charge in [-0.2, -0.15) is 5.10 Å². The first-order valence-corrected chi connectivity index (χ1v) is 9.67. The number of carboxylic acid groups (broad SMARTS) is 1. The van der Waals surface area contributed by atoms with Crippen LogP contribution in [0.15, 0.2) is 55.9 Å². The molecule has 3 rings (SSSR count). The molecule has 2 aromatic rings. The normalized spacial score (nSPS) is 15.7. The fourth-order valence-electron chi connectivity index (χ4n) is 2.32. The third kappa shape index (κ3) is 4.12. The van der Waals surface area contributed by atoms with Crippen molar-refractivity contribution < 1.29 is 14.7 Å². The summed E-state index contributed by atoms with van der Waals surface area (Å²) in [5.41, 5.74) is 5.00. The molecule has 1 aromatic heterocycles. The van der Waals surface area contributed by atoms with E-state index in [0.717, 1.165) is 11.3 Å². The maximum Gasteiger partial charge on any atom is 0.133 e. The van der Waals surface area contributed by atoms with Crippen molar-refractivity contribution in [3.63, 3.8) is 0 Å². The van der Waals surface area contributed by atoms with Crippen LogP contribution in [0.3, 0.4) is 0 Å². The third-order valence-corrected chi connectivity index (χ3v) is 5.12. The lowest BCUT2D eigenvalue weighted by molar-refractivity contribution is -0.294. The highest BCUT2D eigenvalue weighted by Crippen LogP contribution is 2.25. The molecule has 1 N–H and O–H groups in total. The topological polar surface area (TPSA) is 98.5 Å². The first kappa shape index (κ1) is 18.2. The molecule has 0 saturated heterocycles. The van der Waals surface area contributed by atoms with Gasteiger partial charge in [-0.1, -0.05) is 17.3 Å². The molecule has 7 nitrogen and oxygen atoms in total. The Morgan fingerprint density at radius 3 is 2.81 bits per heavy atom. The van der Waals surface area contributed by atoms with Crippen molar-refractivity contribution in [2.45, 2.75) is 11.3 Å². The fraction of sp³-hybridized carbons (Fsp3) is 0.176. The molecule has 0 atom stereocenters. The Balaban J connectivity index is 1.72. The van der Waals surface area contributed by atoms with E-state index < -0.39 is 5.97 Å². The van der Waals surface area contributed by atoms with Crippen LogP contribution < -0.4 is 10.5 Å². The van der Waals surface area contributed by atoms with Crippen LogP contribution in [0.4, 0.5) is 5.00 Å². The summed E-state index contributed by atoms with van der Waals surface area (Å²) in [6.45, 7) is 0. The number of nitrogens with zero attached hydrogens (tertiary/aromatic N) is 3. The van der Waals surface area contributed by atoms with Gasteiger partial charge in [-0.3, -0.25) is 5.43 Å². The Kier molecular flexibility index (Phi) is 5.69. The Morgan fingerprint density at radius 2 is 2.15 bits per heavy atom. The third-order valence-electron chi connectivity index (χ3n) is 3.56. The van der Waals surface area contributed by atoms with Gasteiger partial charge in [0.15, 0.2) is 0 Å². The minimum Gasteiger partial charge on any atom is -0.543 e. The zero-order valence-corrected chi connectivity index (χ0v) is 15.7. The van der Waals surface area contributed by atoms with Crippen molar-refractivity contribution in [2.24, 2.45) is 15.2 Å². The summed E-state index contributed by atoms with van der Waals surface area (Å²) < 4.78 is 0. The Labute approximate surface area is 158 Å². The molecule has 1 aromatic carbocycles. The number of rotatable bonds is 6. The number of hydrogen-bond acceptors (Lipinski definition) is 8. The molecule has 2 heterocycles. The summed E-state index contributed by atoms with van der Waals surface area (Å²) >= 11 is 2.99. The van der Waals surface area contributed by atoms with Crippen molar-refractivity contribution >= 4 is 51.3 Å². The molecule has 0 aliphatic carbocycles. The van der Waals surface area contributed by atoms with Gasteiger partial charge in [0.25, 0.3) is 0 Å². The molecule has 0 radical (unpaired) electrons. The number of amidine groups is 1. The van der Waals surface area contributed by atoms with Gasteiger partial charge < -0.3 is 14.7 Å². The van der Waals surface area contributed by atoms with Crippen LogP contribution >= 0.6 is 23.1 Å². The lowest BCUT2D eigenvalue weighted by atomic mass is 10.1. The lowest BCUT2D eigenvalue weighted by Gasteiger charge is -2.02. The maximum absolute atomic E-state index is 11.1. The fourth-order valence-corrected chi connectivity index (χ4v) is 3.52. The van der Waals surface area contributed by atoms with Gasteiger partial charge >= 0.3 is 0 Å². The maximum atomic E-state index is 11.1. The lowest BCUT2D eigenvalue weighted by Crippen LogP contribution is -2.32. The predicted octanol–water partition coefficient (Wildman–Crippen LogP) is 2.00. The van der Waals surface area contributed by atoms with E-state index in [1.165, 1.54) is 23.3 Å². The van der Waals surface area contributed by atoms with Crippen LogP contribution in [-0.4, -0.2) is 36.6 Å². The van der Waals surface area contributed by atoms with E-state index in [2.05, 4.69) is 37.6 Å². The van der Waals surface area contributed by atoms with Crippen LogP contribution in [0.5, 0.6) is 0 Å². The van der Waals surface area contributed by atoms with E-state index >= 15 is 0 Å². The van der Waals surface area contributed by atoms with Crippen molar-refractivity contribution in [2.75, 3.05) is 13.4 Å². The number of hydrogen-bond donors (Lipinski definition) is 1. The van der Waals surface area contributed by atoms with Gasteiger partial charge in [0, 0.05) is 15.8 Å². The second-order valence-electron chi connectivity index (χ2n) is 5.22. The number of aliphatic carboxylic acids is 1. The monoisotopic (exact) mass is 387 g/mol. The number of carbonyl (C=O) groups excluding carboxylic acids is 1. The highest BCUT2D eigenvalue weighted by atomic mass is 32.2. The molecule has 0 amide bonds. The Hall–Kier alpha value is -2.65. The second-order valence-corrected chi connectivity index (χ2v) is 6.99. The minimum atomic E-state index is -1.40. The number of carbonyl (C=O) groups is 1. The van der Waals surface area contributed by atoms with Gasteiger partial charge in [-0.05, 0) is 30.0 Å². The van der Waals surface area contributed by atoms with Crippen LogP contribution in [0.1, 0.15) is 17.5 Å². The summed E-state index contributed by atoms with van der Waals surface area (Å²) in [6.07, 6.45) is 2.61. The molecule has 1 aliphatic rings. The summed E-state index contributed by atoms with van der Waals surface area (Å²) in [5.74, 6) is -0.705. The molecule has 1 aliphatic heterocycles. The summed E-state index contributed by atoms with van der Waals surface area (Å²) in [5, 5.41) is 21.2. The number of thiophene rings is 1. The number of nitrogens with one attached hydrogen (secondary N) is 1. The molecule has 0 bridgehead atoms. The average Bonchev–Trinajstić information content (AvgIpc) is 3.29. The number of carboxylic acids is 1. The molecule has 0 fully saturated rings. The first-order chi connectivity index (χ1) is 12.6. The van der Waals surface area contributed by atoms with E-state index in [0.29, 0.717) is 22.8 Å². The largest absolute Gasteiger partial charge is 0.543 e. The van der Waals surface area contributed by atoms with E-state index in [1.807, 2.05) is 18.4 Å².